The zero-order valence-corrected chi connectivity index (χ0v) is 13.9. The molecule has 2 aromatic rings. The number of aromatic nitrogens is 1. The van der Waals surface area contributed by atoms with Crippen molar-refractivity contribution in [2.75, 3.05) is 0 Å². The molecule has 0 fully saturated rings. The molecule has 0 radical (unpaired) electrons. The fraction of sp³-hybridized carbons (Fsp3) is 0.333. The van der Waals surface area contributed by atoms with Gasteiger partial charge in [0, 0.05) is 30.0 Å². The third-order valence-electron chi connectivity index (χ3n) is 3.67. The number of sulfonamides is 1. The zero-order chi connectivity index (χ0) is 15.6. The van der Waals surface area contributed by atoms with Crippen LogP contribution < -0.4 is 4.72 Å². The van der Waals surface area contributed by atoms with Crippen LogP contribution in [-0.4, -0.2) is 13.0 Å². The summed E-state index contributed by atoms with van der Waals surface area (Å²) in [5, 5.41) is 0.467. The van der Waals surface area contributed by atoms with Crippen LogP contribution in [0.5, 0.6) is 0 Å². The van der Waals surface area contributed by atoms with E-state index in [0.29, 0.717) is 17.1 Å². The summed E-state index contributed by atoms with van der Waals surface area (Å²) in [4.78, 5) is 0. The van der Waals surface area contributed by atoms with Crippen molar-refractivity contribution in [3.05, 3.63) is 57.9 Å². The first kappa shape index (κ1) is 16.1. The maximum absolute atomic E-state index is 12.2. The third-order valence-corrected chi connectivity index (χ3v) is 5.31. The second-order valence-electron chi connectivity index (χ2n) is 5.13. The number of nitrogens with one attached hydrogen (secondary N) is 1. The summed E-state index contributed by atoms with van der Waals surface area (Å²) in [6, 6.07) is 8.97. The zero-order valence-electron chi connectivity index (χ0n) is 12.4. The Kier molecular flexibility index (Phi) is 4.76. The fourth-order valence-corrected chi connectivity index (χ4v) is 3.59. The molecule has 0 aliphatic heterocycles. The van der Waals surface area contributed by atoms with E-state index in [1.54, 1.807) is 24.3 Å². The quantitative estimate of drug-likeness (QED) is 0.918. The van der Waals surface area contributed by atoms with Crippen LogP contribution in [-0.2, 0) is 29.4 Å². The highest BCUT2D eigenvalue weighted by molar-refractivity contribution is 7.88. The molecule has 114 valence electrons. The molecule has 0 aliphatic rings. The summed E-state index contributed by atoms with van der Waals surface area (Å²) in [7, 11) is -1.45. The van der Waals surface area contributed by atoms with Gasteiger partial charge in [0.2, 0.25) is 10.0 Å². The molecule has 1 N–H and O–H groups in total. The van der Waals surface area contributed by atoms with E-state index in [1.807, 2.05) is 31.5 Å². The minimum absolute atomic E-state index is 0.114. The molecule has 2 rings (SSSR count). The normalized spacial score (nSPS) is 11.8. The second-order valence-corrected chi connectivity index (χ2v) is 7.34. The molecular weight excluding hydrogens is 308 g/mol. The lowest BCUT2D eigenvalue weighted by Gasteiger charge is -2.08. The number of rotatable bonds is 5. The van der Waals surface area contributed by atoms with Crippen LogP contribution >= 0.6 is 11.6 Å². The average Bonchev–Trinajstić information content (AvgIpc) is 2.67. The van der Waals surface area contributed by atoms with Crippen molar-refractivity contribution in [3.8, 4) is 0 Å². The Morgan fingerprint density at radius 1 is 1.19 bits per heavy atom. The van der Waals surface area contributed by atoms with Crippen LogP contribution in [0.3, 0.4) is 0 Å². The highest BCUT2D eigenvalue weighted by Crippen LogP contribution is 2.18. The number of hydrogen-bond donors (Lipinski definition) is 1. The Labute approximate surface area is 130 Å². The lowest BCUT2D eigenvalue weighted by Crippen LogP contribution is -2.25. The number of halogens is 1. The average molecular weight is 327 g/mol. The Morgan fingerprint density at radius 3 is 2.43 bits per heavy atom. The number of nitrogens with zero attached hydrogens (tertiary/aromatic N) is 1. The summed E-state index contributed by atoms with van der Waals surface area (Å²) in [5.74, 6) is -0.114. The van der Waals surface area contributed by atoms with Crippen molar-refractivity contribution in [1.82, 2.24) is 9.29 Å². The minimum Gasteiger partial charge on any atom is -0.352 e. The molecule has 1 heterocycles. The standard InChI is InChI=1S/C15H19ClN2O2S/c1-11-8-14(12(2)18(11)3)9-17-21(19,20)10-13-6-4-5-7-15(13)16/h4-8,17H,9-10H2,1-3H3. The van der Waals surface area contributed by atoms with Gasteiger partial charge in [0.15, 0.2) is 0 Å². The summed E-state index contributed by atoms with van der Waals surface area (Å²) in [5.41, 5.74) is 3.76. The predicted octanol–water partition coefficient (Wildman–Crippen LogP) is 2.91. The van der Waals surface area contributed by atoms with Crippen LogP contribution in [0.1, 0.15) is 22.5 Å². The first-order valence-corrected chi connectivity index (χ1v) is 8.66. The Morgan fingerprint density at radius 2 is 1.86 bits per heavy atom. The summed E-state index contributed by atoms with van der Waals surface area (Å²) in [6.45, 7) is 4.26. The number of benzene rings is 1. The van der Waals surface area contributed by atoms with Gasteiger partial charge in [-0.05, 0) is 37.1 Å². The van der Waals surface area contributed by atoms with Crippen molar-refractivity contribution in [3.63, 3.8) is 0 Å². The highest BCUT2D eigenvalue weighted by atomic mass is 35.5. The van der Waals surface area contributed by atoms with Gasteiger partial charge in [-0.25, -0.2) is 13.1 Å². The van der Waals surface area contributed by atoms with Crippen molar-refractivity contribution >= 4 is 21.6 Å². The van der Waals surface area contributed by atoms with Crippen molar-refractivity contribution < 1.29 is 8.42 Å². The maximum atomic E-state index is 12.2. The van der Waals surface area contributed by atoms with Gasteiger partial charge in [-0.3, -0.25) is 0 Å². The van der Waals surface area contributed by atoms with E-state index in [0.717, 1.165) is 17.0 Å². The maximum Gasteiger partial charge on any atom is 0.216 e. The van der Waals surface area contributed by atoms with Gasteiger partial charge >= 0.3 is 0 Å². The van der Waals surface area contributed by atoms with E-state index in [1.165, 1.54) is 0 Å². The molecule has 6 heteroatoms. The second kappa shape index (κ2) is 6.22. The van der Waals surface area contributed by atoms with Crippen LogP contribution in [0.25, 0.3) is 0 Å². The van der Waals surface area contributed by atoms with Gasteiger partial charge in [-0.15, -0.1) is 0 Å². The molecular formula is C15H19ClN2O2S. The van der Waals surface area contributed by atoms with Gasteiger partial charge in [0.1, 0.15) is 0 Å². The van der Waals surface area contributed by atoms with E-state index >= 15 is 0 Å². The van der Waals surface area contributed by atoms with E-state index in [-0.39, 0.29) is 5.75 Å². The Hall–Kier alpha value is -1.30. The van der Waals surface area contributed by atoms with Crippen molar-refractivity contribution in [1.29, 1.82) is 0 Å². The molecule has 0 unspecified atom stereocenters. The fourth-order valence-electron chi connectivity index (χ4n) is 2.17. The van der Waals surface area contributed by atoms with E-state index < -0.39 is 10.0 Å². The largest absolute Gasteiger partial charge is 0.352 e. The molecule has 0 bridgehead atoms. The van der Waals surface area contributed by atoms with Gasteiger partial charge in [-0.2, -0.15) is 0 Å². The van der Waals surface area contributed by atoms with Crippen molar-refractivity contribution in [2.24, 2.45) is 7.05 Å². The molecule has 0 spiro atoms. The molecule has 0 amide bonds. The first-order valence-electron chi connectivity index (χ1n) is 6.62. The minimum atomic E-state index is -3.42. The molecule has 0 aliphatic carbocycles. The summed E-state index contributed by atoms with van der Waals surface area (Å²) < 4.78 is 29.0. The highest BCUT2D eigenvalue weighted by Gasteiger charge is 2.15. The Bertz CT molecular complexity index is 751. The van der Waals surface area contributed by atoms with Gasteiger partial charge in [0.25, 0.3) is 0 Å². The van der Waals surface area contributed by atoms with E-state index in [2.05, 4.69) is 4.72 Å². The molecule has 0 saturated heterocycles. The molecule has 0 atom stereocenters. The lowest BCUT2D eigenvalue weighted by atomic mass is 10.2. The molecule has 1 aromatic carbocycles. The Balaban J connectivity index is 2.08. The molecule has 1 aromatic heterocycles. The van der Waals surface area contributed by atoms with Gasteiger partial charge in [0.05, 0.1) is 5.75 Å². The molecule has 0 saturated carbocycles. The van der Waals surface area contributed by atoms with E-state index in [9.17, 15) is 8.42 Å². The third kappa shape index (κ3) is 3.87. The van der Waals surface area contributed by atoms with E-state index in [4.69, 9.17) is 11.6 Å². The van der Waals surface area contributed by atoms with Crippen molar-refractivity contribution in [2.45, 2.75) is 26.1 Å². The summed E-state index contributed by atoms with van der Waals surface area (Å²) >= 11 is 6.00. The number of aryl methyl sites for hydroxylation is 1. The smallest absolute Gasteiger partial charge is 0.216 e. The predicted molar refractivity (Wildman–Crippen MR) is 85.8 cm³/mol. The van der Waals surface area contributed by atoms with Gasteiger partial charge in [-0.1, -0.05) is 29.8 Å². The lowest BCUT2D eigenvalue weighted by molar-refractivity contribution is 0.580. The molecule has 4 nitrogen and oxygen atoms in total. The van der Waals surface area contributed by atoms with Gasteiger partial charge < -0.3 is 4.57 Å². The topological polar surface area (TPSA) is 51.1 Å². The van der Waals surface area contributed by atoms with Crippen LogP contribution in [0.15, 0.2) is 30.3 Å². The molecule has 21 heavy (non-hydrogen) atoms. The summed E-state index contributed by atoms with van der Waals surface area (Å²) in [6.07, 6.45) is 0. The monoisotopic (exact) mass is 326 g/mol. The first-order chi connectivity index (χ1) is 9.80. The number of hydrogen-bond acceptors (Lipinski definition) is 2. The van der Waals surface area contributed by atoms with Crippen LogP contribution in [0, 0.1) is 13.8 Å². The van der Waals surface area contributed by atoms with Crippen LogP contribution in [0.2, 0.25) is 5.02 Å². The SMILES string of the molecule is Cc1cc(CNS(=O)(=O)Cc2ccccc2Cl)c(C)n1C. The van der Waals surface area contributed by atoms with Crippen LogP contribution in [0.4, 0.5) is 0 Å².